The molecule has 0 amide bonds. The Bertz CT molecular complexity index is 1860. The quantitative estimate of drug-likeness (QED) is 0.124. The van der Waals surface area contributed by atoms with Gasteiger partial charge in [0.1, 0.15) is 0 Å². The molecule has 0 saturated heterocycles. The van der Waals surface area contributed by atoms with Gasteiger partial charge in [-0.15, -0.1) is 69.1 Å². The summed E-state index contributed by atoms with van der Waals surface area (Å²) in [6, 6.07) is 38.2. The number of fused-ring (bicyclic) bond motifs is 2. The van der Waals surface area contributed by atoms with Crippen molar-refractivity contribution < 1.29 is 20.8 Å². The first kappa shape index (κ1) is 40.2. The van der Waals surface area contributed by atoms with Crippen molar-refractivity contribution in [2.45, 2.75) is 92.7 Å². The minimum atomic E-state index is -0.826. The number of benzene rings is 4. The molecule has 6 aromatic carbocycles. The van der Waals surface area contributed by atoms with Gasteiger partial charge in [-0.3, -0.25) is 0 Å². The molecule has 0 aliphatic carbocycles. The molecule has 0 aromatic heterocycles. The Labute approximate surface area is 312 Å². The van der Waals surface area contributed by atoms with E-state index in [1.54, 1.807) is 0 Å². The van der Waals surface area contributed by atoms with Crippen LogP contribution in [-0.2, 0) is 38.1 Å². The Kier molecular flexibility index (Phi) is 15.2. The molecule has 0 aliphatic rings. The average Bonchev–Trinajstić information content (AvgIpc) is 3.59. The van der Waals surface area contributed by atoms with Crippen LogP contribution in [0.15, 0.2) is 103 Å². The van der Waals surface area contributed by atoms with Crippen molar-refractivity contribution in [1.29, 1.82) is 0 Å². The second kappa shape index (κ2) is 18.1. The fourth-order valence-electron chi connectivity index (χ4n) is 6.18. The molecule has 0 fully saturated rings. The van der Waals surface area contributed by atoms with E-state index in [-0.39, 0.29) is 10.8 Å². The van der Waals surface area contributed by atoms with E-state index >= 15 is 0 Å². The summed E-state index contributed by atoms with van der Waals surface area (Å²) < 4.78 is 0. The second-order valence-electron chi connectivity index (χ2n) is 14.5. The summed E-state index contributed by atoms with van der Waals surface area (Å²) in [5.74, 6) is 0. The van der Waals surface area contributed by atoms with Crippen molar-refractivity contribution in [1.82, 2.24) is 0 Å². The Balaban J connectivity index is 0.000000225. The molecule has 48 heavy (non-hydrogen) atoms. The van der Waals surface area contributed by atoms with Crippen LogP contribution in [0.5, 0.6) is 0 Å². The first-order valence-electron chi connectivity index (χ1n) is 16.8. The van der Waals surface area contributed by atoms with Crippen LogP contribution < -0.4 is 0 Å². The predicted molar refractivity (Wildman–Crippen MR) is 215 cm³/mol. The van der Waals surface area contributed by atoms with Gasteiger partial charge in [-0.2, -0.15) is 11.6 Å². The molecule has 0 nitrogen and oxygen atoms in total. The molecule has 0 unspecified atom stereocenters. The summed E-state index contributed by atoms with van der Waals surface area (Å²) in [6.45, 7) is 24.5. The monoisotopic (exact) mass is 768 g/mol. The Hall–Kier alpha value is -2.22. The van der Waals surface area contributed by atoms with Crippen molar-refractivity contribution in [3.63, 3.8) is 0 Å². The van der Waals surface area contributed by atoms with Crippen LogP contribution in [0.3, 0.4) is 0 Å². The topological polar surface area (TPSA) is 0 Å². The first-order chi connectivity index (χ1) is 22.7. The normalized spacial score (nSPS) is 11.1. The van der Waals surface area contributed by atoms with Crippen LogP contribution in [0.1, 0.15) is 76.3 Å². The zero-order valence-electron chi connectivity index (χ0n) is 30.8. The number of hydrogen-bond acceptors (Lipinski definition) is 0. The number of rotatable bonds is 3. The average molecular weight is 771 g/mol. The summed E-state index contributed by atoms with van der Waals surface area (Å²) in [7, 11) is 11.0. The van der Waals surface area contributed by atoms with Crippen molar-refractivity contribution in [3.8, 4) is 22.3 Å². The molecule has 250 valence electrons. The molecule has 0 aliphatic heterocycles. The summed E-state index contributed by atoms with van der Waals surface area (Å²) in [4.78, 5) is 0. The van der Waals surface area contributed by atoms with Gasteiger partial charge in [0.25, 0.3) is 0 Å². The van der Waals surface area contributed by atoms with Crippen LogP contribution in [0.4, 0.5) is 0 Å². The van der Waals surface area contributed by atoms with Crippen molar-refractivity contribution >= 4 is 48.1 Å². The van der Waals surface area contributed by atoms with E-state index in [0.717, 1.165) is 15.9 Å². The molecule has 0 atom stereocenters. The third-order valence-corrected chi connectivity index (χ3v) is 8.62. The molecular formula is C44H52Cl2SiZr. The molecular weight excluding hydrogens is 719 g/mol. The van der Waals surface area contributed by atoms with Crippen LogP contribution in [0, 0.1) is 13.8 Å². The van der Waals surface area contributed by atoms with E-state index in [1.165, 1.54) is 71.6 Å². The van der Waals surface area contributed by atoms with Gasteiger partial charge in [0, 0.05) is 9.52 Å². The fourth-order valence-corrected chi connectivity index (χ4v) is 6.18. The summed E-state index contributed by atoms with van der Waals surface area (Å²) >= 11 is -0.826. The molecule has 0 bridgehead atoms. The van der Waals surface area contributed by atoms with Crippen molar-refractivity contribution in [2.75, 3.05) is 0 Å². The van der Waals surface area contributed by atoms with Gasteiger partial charge in [-0.1, -0.05) is 154 Å². The molecule has 0 spiro atoms. The summed E-state index contributed by atoms with van der Waals surface area (Å²) in [5, 5.41) is 5.49. The van der Waals surface area contributed by atoms with Gasteiger partial charge in [0.15, 0.2) is 0 Å². The van der Waals surface area contributed by atoms with Crippen molar-refractivity contribution in [3.05, 3.63) is 131 Å². The third kappa shape index (κ3) is 10.4. The Morgan fingerprint density at radius 3 is 1.54 bits per heavy atom. The molecule has 0 heterocycles. The van der Waals surface area contributed by atoms with E-state index in [1.807, 2.05) is 0 Å². The van der Waals surface area contributed by atoms with E-state index in [9.17, 15) is 0 Å². The van der Waals surface area contributed by atoms with Gasteiger partial charge >= 0.3 is 37.9 Å². The standard InChI is InChI=1S/C22H25.C20H21.C2H6Si.2ClH.Zr/c1-6-19-15(2)14-17-8-7-9-20(21(17)19)16-10-12-18(13-11-16)22(3,4)5;1-14-12-16-6-5-7-18(19(16)13-14)15-8-10-17(11-9-15)20(2,3)4;1-3-2;;;/h7-14H,6H2,1-5H3;5-13H,1-4H3;1-2H3;2*1H;/q2*-1;;;;+4/p-2. The summed E-state index contributed by atoms with van der Waals surface area (Å²) in [5.41, 5.74) is 12.7. The van der Waals surface area contributed by atoms with Crippen LogP contribution in [0.25, 0.3) is 43.8 Å². The maximum absolute atomic E-state index is 4.93. The SMILES string of the molecule is CCc1c(C)[cH-]c2cccc(-c3ccc(C(C)(C)C)cc3)c12.C[Si]C.Cc1cc2c(-c3ccc(C(C)(C)C)cc3)cccc2[cH-]1.[Cl][Zr+2][Cl]. The van der Waals surface area contributed by atoms with Crippen LogP contribution in [0.2, 0.25) is 13.1 Å². The third-order valence-electron chi connectivity index (χ3n) is 8.62. The van der Waals surface area contributed by atoms with Gasteiger partial charge < -0.3 is 0 Å². The van der Waals surface area contributed by atoms with E-state index in [4.69, 9.17) is 17.0 Å². The van der Waals surface area contributed by atoms with Gasteiger partial charge in [-0.05, 0) is 33.1 Å². The van der Waals surface area contributed by atoms with E-state index in [0.29, 0.717) is 0 Å². The maximum atomic E-state index is 4.93. The van der Waals surface area contributed by atoms with Crippen LogP contribution in [-0.4, -0.2) is 9.52 Å². The Morgan fingerprint density at radius 1 is 0.646 bits per heavy atom. The molecule has 6 rings (SSSR count). The molecule has 4 heteroatoms. The minimum absolute atomic E-state index is 0.204. The van der Waals surface area contributed by atoms with Gasteiger partial charge in [-0.25, -0.2) is 0 Å². The zero-order chi connectivity index (χ0) is 35.6. The molecule has 2 radical (unpaired) electrons. The number of halogens is 2. The van der Waals surface area contributed by atoms with Crippen molar-refractivity contribution in [2.24, 2.45) is 0 Å². The number of hydrogen-bond donors (Lipinski definition) is 0. The van der Waals surface area contributed by atoms with Gasteiger partial charge in [0.05, 0.1) is 0 Å². The second-order valence-corrected chi connectivity index (χ2v) is 19.2. The molecule has 0 N–H and O–H groups in total. The Morgan fingerprint density at radius 2 is 1.08 bits per heavy atom. The predicted octanol–water partition coefficient (Wildman–Crippen LogP) is 14.4. The van der Waals surface area contributed by atoms with E-state index < -0.39 is 20.8 Å². The molecule has 0 saturated carbocycles. The fraction of sp³-hybridized carbons (Fsp3) is 0.318. The molecule has 6 aromatic rings. The first-order valence-corrected chi connectivity index (χ1v) is 25.1. The summed E-state index contributed by atoms with van der Waals surface area (Å²) in [6.07, 6.45) is 1.09. The zero-order valence-corrected chi connectivity index (χ0v) is 35.7. The van der Waals surface area contributed by atoms with E-state index in [2.05, 4.69) is 179 Å². The van der Waals surface area contributed by atoms with Crippen LogP contribution >= 0.6 is 17.0 Å². The van der Waals surface area contributed by atoms with Gasteiger partial charge in [0.2, 0.25) is 0 Å². The number of aryl methyl sites for hydroxylation is 3.